The molecule has 1 unspecified atom stereocenters. The van der Waals surface area contributed by atoms with Crippen molar-refractivity contribution in [3.63, 3.8) is 0 Å². The average Bonchev–Trinajstić information content (AvgIpc) is 3.18. The number of hydrogen-bond acceptors (Lipinski definition) is 3. The number of fused-ring (bicyclic) bond motifs is 1. The maximum absolute atomic E-state index is 12.0. The lowest BCUT2D eigenvalue weighted by Crippen LogP contribution is -2.21. The van der Waals surface area contributed by atoms with Gasteiger partial charge in [0.1, 0.15) is 5.69 Å². The summed E-state index contributed by atoms with van der Waals surface area (Å²) in [6.45, 7) is 0. The van der Waals surface area contributed by atoms with Gasteiger partial charge in [0.15, 0.2) is 11.5 Å². The Morgan fingerprint density at radius 2 is 2.00 bits per heavy atom. The maximum Gasteiger partial charge on any atom is 0.272 e. The quantitative estimate of drug-likeness (QED) is 0.763. The highest BCUT2D eigenvalue weighted by Gasteiger charge is 2.36. The van der Waals surface area contributed by atoms with Crippen molar-refractivity contribution in [2.24, 2.45) is 0 Å². The standard InChI is InChI=1S/C15H10ClN3O2/c16-9-5-3-8(4-6-9)12-11-13(10-2-1-7-21-10)18-19-14(11)15(20)17-12/h1-7,12H,(H,17,20)(H,18,19). The molecule has 1 atom stereocenters. The molecule has 0 saturated heterocycles. The van der Waals surface area contributed by atoms with Crippen LogP contribution in [0, 0.1) is 0 Å². The fraction of sp³-hybridized carbons (Fsp3) is 0.0667. The molecule has 3 aromatic rings. The van der Waals surface area contributed by atoms with E-state index in [9.17, 15) is 4.79 Å². The third kappa shape index (κ3) is 1.86. The van der Waals surface area contributed by atoms with Crippen molar-refractivity contribution in [2.45, 2.75) is 6.04 Å². The number of benzene rings is 1. The fourth-order valence-corrected chi connectivity index (χ4v) is 2.72. The molecule has 0 aliphatic carbocycles. The van der Waals surface area contributed by atoms with Gasteiger partial charge in [-0.2, -0.15) is 5.10 Å². The Bertz CT molecular complexity index is 806. The number of H-pyrrole nitrogens is 1. The normalized spacial score (nSPS) is 16.8. The summed E-state index contributed by atoms with van der Waals surface area (Å²) in [6, 6.07) is 10.7. The van der Waals surface area contributed by atoms with Crippen LogP contribution < -0.4 is 5.32 Å². The second-order valence-corrected chi connectivity index (χ2v) is 5.23. The van der Waals surface area contributed by atoms with Gasteiger partial charge < -0.3 is 9.73 Å². The number of aromatic amines is 1. The number of nitrogens with zero attached hydrogens (tertiary/aromatic N) is 1. The molecule has 104 valence electrons. The van der Waals surface area contributed by atoms with Gasteiger partial charge in [0.25, 0.3) is 5.91 Å². The van der Waals surface area contributed by atoms with Gasteiger partial charge in [-0.3, -0.25) is 9.89 Å². The number of halogens is 1. The summed E-state index contributed by atoms with van der Waals surface area (Å²) in [4.78, 5) is 12.0. The summed E-state index contributed by atoms with van der Waals surface area (Å²) < 4.78 is 5.41. The van der Waals surface area contributed by atoms with E-state index in [1.54, 1.807) is 24.5 Å². The number of carbonyl (C=O) groups is 1. The molecule has 0 fully saturated rings. The van der Waals surface area contributed by atoms with Gasteiger partial charge >= 0.3 is 0 Å². The number of aromatic nitrogens is 2. The number of nitrogens with one attached hydrogen (secondary N) is 2. The van der Waals surface area contributed by atoms with Gasteiger partial charge in [-0.25, -0.2) is 0 Å². The molecule has 1 aliphatic rings. The Morgan fingerprint density at radius 1 is 1.19 bits per heavy atom. The van der Waals surface area contributed by atoms with E-state index in [1.165, 1.54) is 0 Å². The van der Waals surface area contributed by atoms with Crippen molar-refractivity contribution in [1.29, 1.82) is 0 Å². The van der Waals surface area contributed by atoms with Gasteiger partial charge in [0, 0.05) is 10.6 Å². The summed E-state index contributed by atoms with van der Waals surface area (Å²) in [5.41, 5.74) is 2.87. The average molecular weight is 300 g/mol. The molecule has 0 saturated carbocycles. The van der Waals surface area contributed by atoms with E-state index >= 15 is 0 Å². The molecule has 4 rings (SSSR count). The van der Waals surface area contributed by atoms with Crippen LogP contribution in [0.4, 0.5) is 0 Å². The molecule has 2 N–H and O–H groups in total. The lowest BCUT2D eigenvalue weighted by molar-refractivity contribution is 0.0955. The SMILES string of the molecule is O=C1NC(c2ccc(Cl)cc2)c2c1n[nH]c2-c1ccco1. The van der Waals surface area contributed by atoms with E-state index in [1.807, 2.05) is 18.2 Å². The second kappa shape index (κ2) is 4.49. The number of carbonyl (C=O) groups excluding carboxylic acids is 1. The third-order valence-corrected chi connectivity index (χ3v) is 3.81. The lowest BCUT2D eigenvalue weighted by atomic mass is 9.99. The molecule has 21 heavy (non-hydrogen) atoms. The summed E-state index contributed by atoms with van der Waals surface area (Å²) in [7, 11) is 0. The maximum atomic E-state index is 12.0. The van der Waals surface area contributed by atoms with Crippen LogP contribution in [0.25, 0.3) is 11.5 Å². The first-order valence-corrected chi connectivity index (χ1v) is 6.80. The van der Waals surface area contributed by atoms with E-state index in [-0.39, 0.29) is 11.9 Å². The van der Waals surface area contributed by atoms with Gasteiger partial charge in [-0.1, -0.05) is 23.7 Å². The molecule has 3 heterocycles. The van der Waals surface area contributed by atoms with E-state index in [2.05, 4.69) is 15.5 Å². The van der Waals surface area contributed by atoms with Gasteiger partial charge in [-0.15, -0.1) is 0 Å². The predicted octanol–water partition coefficient (Wildman–Crippen LogP) is 3.16. The molecule has 1 amide bonds. The summed E-state index contributed by atoms with van der Waals surface area (Å²) >= 11 is 5.92. The van der Waals surface area contributed by atoms with Crippen LogP contribution in [-0.2, 0) is 0 Å². The Hall–Kier alpha value is -2.53. The molecular weight excluding hydrogens is 290 g/mol. The number of amides is 1. The molecular formula is C15H10ClN3O2. The molecule has 0 radical (unpaired) electrons. The largest absolute Gasteiger partial charge is 0.463 e. The highest BCUT2D eigenvalue weighted by atomic mass is 35.5. The minimum atomic E-state index is -0.261. The van der Waals surface area contributed by atoms with Crippen LogP contribution in [0.3, 0.4) is 0 Å². The zero-order valence-electron chi connectivity index (χ0n) is 10.8. The minimum Gasteiger partial charge on any atom is -0.463 e. The number of rotatable bonds is 2. The van der Waals surface area contributed by atoms with Crippen molar-refractivity contribution >= 4 is 17.5 Å². The van der Waals surface area contributed by atoms with Crippen LogP contribution in [0.15, 0.2) is 47.1 Å². The lowest BCUT2D eigenvalue weighted by Gasteiger charge is -2.12. The topological polar surface area (TPSA) is 70.9 Å². The van der Waals surface area contributed by atoms with E-state index < -0.39 is 0 Å². The van der Waals surface area contributed by atoms with Gasteiger partial charge in [-0.05, 0) is 29.8 Å². The van der Waals surface area contributed by atoms with Gasteiger partial charge in [0.05, 0.1) is 12.3 Å². The molecule has 0 spiro atoms. The van der Waals surface area contributed by atoms with Crippen LogP contribution in [0.1, 0.15) is 27.7 Å². The zero-order chi connectivity index (χ0) is 14.4. The van der Waals surface area contributed by atoms with E-state index in [0.29, 0.717) is 22.2 Å². The van der Waals surface area contributed by atoms with Crippen molar-refractivity contribution in [3.8, 4) is 11.5 Å². The Labute approximate surface area is 124 Å². The highest BCUT2D eigenvalue weighted by molar-refractivity contribution is 6.30. The summed E-state index contributed by atoms with van der Waals surface area (Å²) in [6.07, 6.45) is 1.59. The van der Waals surface area contributed by atoms with Gasteiger partial charge in [0.2, 0.25) is 0 Å². The number of furan rings is 1. The Kier molecular flexibility index (Phi) is 2.62. The molecule has 0 bridgehead atoms. The Morgan fingerprint density at radius 3 is 2.71 bits per heavy atom. The van der Waals surface area contributed by atoms with Crippen LogP contribution in [0.5, 0.6) is 0 Å². The highest BCUT2D eigenvalue weighted by Crippen LogP contribution is 2.37. The monoisotopic (exact) mass is 299 g/mol. The first kappa shape index (κ1) is 12.2. The molecule has 5 nitrogen and oxygen atoms in total. The molecule has 1 aliphatic heterocycles. The first-order valence-electron chi connectivity index (χ1n) is 6.42. The molecule has 1 aromatic carbocycles. The minimum absolute atomic E-state index is 0.195. The zero-order valence-corrected chi connectivity index (χ0v) is 11.5. The van der Waals surface area contributed by atoms with Crippen molar-refractivity contribution in [2.75, 3.05) is 0 Å². The van der Waals surface area contributed by atoms with Crippen LogP contribution >= 0.6 is 11.6 Å². The molecule has 2 aromatic heterocycles. The van der Waals surface area contributed by atoms with Crippen molar-refractivity contribution < 1.29 is 9.21 Å². The van der Waals surface area contributed by atoms with E-state index in [0.717, 1.165) is 11.1 Å². The third-order valence-electron chi connectivity index (χ3n) is 3.55. The van der Waals surface area contributed by atoms with E-state index in [4.69, 9.17) is 16.0 Å². The Balaban J connectivity index is 1.86. The smallest absolute Gasteiger partial charge is 0.272 e. The molecule has 6 heteroatoms. The summed E-state index contributed by atoms with van der Waals surface area (Å²) in [5, 5.41) is 10.6. The predicted molar refractivity (Wildman–Crippen MR) is 77.1 cm³/mol. The second-order valence-electron chi connectivity index (χ2n) is 4.80. The first-order chi connectivity index (χ1) is 10.2. The van der Waals surface area contributed by atoms with Crippen molar-refractivity contribution in [1.82, 2.24) is 15.5 Å². The number of hydrogen-bond donors (Lipinski definition) is 2. The van der Waals surface area contributed by atoms with Crippen molar-refractivity contribution in [3.05, 3.63) is 64.5 Å². The van der Waals surface area contributed by atoms with Crippen LogP contribution in [0.2, 0.25) is 5.02 Å². The van der Waals surface area contributed by atoms with Crippen LogP contribution in [-0.4, -0.2) is 16.1 Å². The summed E-state index contributed by atoms with van der Waals surface area (Å²) in [5.74, 6) is 0.457. The fourth-order valence-electron chi connectivity index (χ4n) is 2.59.